The lowest BCUT2D eigenvalue weighted by atomic mass is 10.1. The summed E-state index contributed by atoms with van der Waals surface area (Å²) < 4.78 is 0.968. The van der Waals surface area contributed by atoms with Crippen LogP contribution in [0.5, 0.6) is 0 Å². The van der Waals surface area contributed by atoms with Gasteiger partial charge in [-0.3, -0.25) is 0 Å². The first-order valence-corrected chi connectivity index (χ1v) is 9.48. The Hall–Kier alpha value is -3.87. The first-order valence-electron chi connectivity index (χ1n) is 8.69. The Bertz CT molecular complexity index is 1170. The van der Waals surface area contributed by atoms with Gasteiger partial charge in [-0.1, -0.05) is 28.1 Å². The molecule has 0 amide bonds. The Morgan fingerprint density at radius 3 is 1.14 bits per heavy atom. The molecular formula is C23H12BrN5. The maximum absolute atomic E-state index is 9.03. The molecule has 3 aromatic carbocycles. The third kappa shape index (κ3) is 4.03. The fraction of sp³-hybridized carbons (Fsp3) is 0. The molecule has 4 aromatic rings. The van der Waals surface area contributed by atoms with E-state index in [2.05, 4.69) is 43.0 Å². The summed E-state index contributed by atoms with van der Waals surface area (Å²) in [6, 6.07) is 26.2. The molecule has 5 nitrogen and oxygen atoms in total. The molecule has 0 aliphatic carbocycles. The van der Waals surface area contributed by atoms with Gasteiger partial charge in [-0.25, -0.2) is 15.0 Å². The monoisotopic (exact) mass is 437 g/mol. The van der Waals surface area contributed by atoms with Gasteiger partial charge in [0.15, 0.2) is 17.5 Å². The summed E-state index contributed by atoms with van der Waals surface area (Å²) in [5.41, 5.74) is 3.59. The van der Waals surface area contributed by atoms with Crippen molar-refractivity contribution < 1.29 is 0 Å². The van der Waals surface area contributed by atoms with Gasteiger partial charge < -0.3 is 0 Å². The van der Waals surface area contributed by atoms with Crippen molar-refractivity contribution in [3.8, 4) is 46.3 Å². The molecule has 0 aliphatic rings. The standard InChI is InChI=1S/C23H12BrN5/c24-20-11-9-19(10-12-20)23-28-21(17-5-1-15(13-25)2-6-17)27-22(29-23)18-7-3-16(14-26)4-8-18/h1-12H. The van der Waals surface area contributed by atoms with Crippen molar-refractivity contribution in [3.63, 3.8) is 0 Å². The van der Waals surface area contributed by atoms with Gasteiger partial charge >= 0.3 is 0 Å². The minimum Gasteiger partial charge on any atom is -0.208 e. The molecule has 0 bridgehead atoms. The number of benzene rings is 3. The van der Waals surface area contributed by atoms with Crippen LogP contribution in [0.15, 0.2) is 77.3 Å². The van der Waals surface area contributed by atoms with Gasteiger partial charge in [0.2, 0.25) is 0 Å². The van der Waals surface area contributed by atoms with Gasteiger partial charge in [-0.2, -0.15) is 10.5 Å². The molecule has 1 aromatic heterocycles. The lowest BCUT2D eigenvalue weighted by molar-refractivity contribution is 1.07. The number of nitrogens with zero attached hydrogens (tertiary/aromatic N) is 5. The summed E-state index contributed by atoms with van der Waals surface area (Å²) in [5.74, 6) is 1.58. The predicted molar refractivity (Wildman–Crippen MR) is 113 cm³/mol. The van der Waals surface area contributed by atoms with Crippen LogP contribution < -0.4 is 0 Å². The van der Waals surface area contributed by atoms with E-state index in [4.69, 9.17) is 10.5 Å². The highest BCUT2D eigenvalue weighted by atomic mass is 79.9. The minimum atomic E-state index is 0.516. The Morgan fingerprint density at radius 2 is 0.828 bits per heavy atom. The van der Waals surface area contributed by atoms with Crippen LogP contribution in [0, 0.1) is 22.7 Å². The first-order chi connectivity index (χ1) is 14.2. The molecular weight excluding hydrogens is 426 g/mol. The van der Waals surface area contributed by atoms with E-state index in [1.54, 1.807) is 24.3 Å². The zero-order chi connectivity index (χ0) is 20.2. The zero-order valence-electron chi connectivity index (χ0n) is 15.0. The van der Waals surface area contributed by atoms with Crippen LogP contribution in [0.25, 0.3) is 34.2 Å². The SMILES string of the molecule is N#Cc1ccc(-c2nc(-c3ccc(Br)cc3)nc(-c3ccc(C#N)cc3)n2)cc1. The van der Waals surface area contributed by atoms with Crippen molar-refractivity contribution in [1.29, 1.82) is 10.5 Å². The lowest BCUT2D eigenvalue weighted by Gasteiger charge is -2.08. The molecule has 0 N–H and O–H groups in total. The second kappa shape index (κ2) is 8.02. The largest absolute Gasteiger partial charge is 0.208 e. The number of hydrogen-bond donors (Lipinski definition) is 0. The number of rotatable bonds is 3. The minimum absolute atomic E-state index is 0.516. The fourth-order valence-electron chi connectivity index (χ4n) is 2.75. The smallest absolute Gasteiger partial charge is 0.164 e. The molecule has 0 saturated heterocycles. The van der Waals surface area contributed by atoms with Gasteiger partial charge in [-0.05, 0) is 60.7 Å². The Morgan fingerprint density at radius 1 is 0.517 bits per heavy atom. The van der Waals surface area contributed by atoms with Crippen molar-refractivity contribution in [2.45, 2.75) is 0 Å². The molecule has 0 unspecified atom stereocenters. The van der Waals surface area contributed by atoms with E-state index in [0.717, 1.165) is 21.2 Å². The molecule has 1 heterocycles. The van der Waals surface area contributed by atoms with Crippen molar-refractivity contribution in [1.82, 2.24) is 15.0 Å². The van der Waals surface area contributed by atoms with E-state index in [1.165, 1.54) is 0 Å². The van der Waals surface area contributed by atoms with Gasteiger partial charge in [0, 0.05) is 21.2 Å². The van der Waals surface area contributed by atoms with E-state index in [1.807, 2.05) is 48.5 Å². The van der Waals surface area contributed by atoms with Gasteiger partial charge in [0.25, 0.3) is 0 Å². The van der Waals surface area contributed by atoms with Crippen molar-refractivity contribution in [2.75, 3.05) is 0 Å². The van der Waals surface area contributed by atoms with E-state index in [-0.39, 0.29) is 0 Å². The molecule has 6 heteroatoms. The zero-order valence-corrected chi connectivity index (χ0v) is 16.6. The topological polar surface area (TPSA) is 86.2 Å². The molecule has 29 heavy (non-hydrogen) atoms. The van der Waals surface area contributed by atoms with Crippen LogP contribution >= 0.6 is 15.9 Å². The van der Waals surface area contributed by atoms with E-state index >= 15 is 0 Å². The van der Waals surface area contributed by atoms with E-state index in [0.29, 0.717) is 28.6 Å². The van der Waals surface area contributed by atoms with Crippen LogP contribution in [-0.4, -0.2) is 15.0 Å². The second-order valence-electron chi connectivity index (χ2n) is 6.19. The molecule has 0 atom stereocenters. The van der Waals surface area contributed by atoms with Gasteiger partial charge in [0.05, 0.1) is 23.3 Å². The first kappa shape index (κ1) is 18.5. The van der Waals surface area contributed by atoms with Crippen LogP contribution in [-0.2, 0) is 0 Å². The van der Waals surface area contributed by atoms with Crippen LogP contribution in [0.3, 0.4) is 0 Å². The van der Waals surface area contributed by atoms with Crippen molar-refractivity contribution in [3.05, 3.63) is 88.4 Å². The molecule has 0 saturated carbocycles. The van der Waals surface area contributed by atoms with E-state index in [9.17, 15) is 0 Å². The third-order valence-electron chi connectivity index (χ3n) is 4.28. The maximum Gasteiger partial charge on any atom is 0.164 e. The Labute approximate surface area is 176 Å². The molecule has 0 aliphatic heterocycles. The number of halogens is 1. The number of hydrogen-bond acceptors (Lipinski definition) is 5. The van der Waals surface area contributed by atoms with Crippen molar-refractivity contribution in [2.24, 2.45) is 0 Å². The van der Waals surface area contributed by atoms with Gasteiger partial charge in [-0.15, -0.1) is 0 Å². The average molecular weight is 438 g/mol. The number of nitriles is 2. The van der Waals surface area contributed by atoms with E-state index < -0.39 is 0 Å². The Balaban J connectivity index is 1.87. The van der Waals surface area contributed by atoms with Crippen molar-refractivity contribution >= 4 is 15.9 Å². The Kier molecular flexibility index (Phi) is 5.11. The summed E-state index contributed by atoms with van der Waals surface area (Å²) in [6.45, 7) is 0. The quantitative estimate of drug-likeness (QED) is 0.429. The molecule has 0 spiro atoms. The highest BCUT2D eigenvalue weighted by Crippen LogP contribution is 2.26. The predicted octanol–water partition coefficient (Wildman–Crippen LogP) is 5.38. The lowest BCUT2D eigenvalue weighted by Crippen LogP contribution is -2.00. The summed E-state index contributed by atoms with van der Waals surface area (Å²) in [7, 11) is 0. The van der Waals surface area contributed by atoms with Crippen LogP contribution in [0.2, 0.25) is 0 Å². The van der Waals surface area contributed by atoms with Crippen LogP contribution in [0.4, 0.5) is 0 Å². The van der Waals surface area contributed by atoms with Crippen LogP contribution in [0.1, 0.15) is 11.1 Å². The number of aromatic nitrogens is 3. The third-order valence-corrected chi connectivity index (χ3v) is 4.81. The van der Waals surface area contributed by atoms with Gasteiger partial charge in [0.1, 0.15) is 0 Å². The summed E-state index contributed by atoms with van der Waals surface area (Å²) in [5, 5.41) is 18.1. The summed E-state index contributed by atoms with van der Waals surface area (Å²) in [6.07, 6.45) is 0. The molecule has 136 valence electrons. The molecule has 0 radical (unpaired) electrons. The summed E-state index contributed by atoms with van der Waals surface area (Å²) >= 11 is 3.44. The average Bonchev–Trinajstić information content (AvgIpc) is 2.79. The normalized spacial score (nSPS) is 10.2. The molecule has 0 fully saturated rings. The second-order valence-corrected chi connectivity index (χ2v) is 7.11. The highest BCUT2D eigenvalue weighted by Gasteiger charge is 2.12. The molecule has 4 rings (SSSR count). The highest BCUT2D eigenvalue weighted by molar-refractivity contribution is 9.10. The fourth-order valence-corrected chi connectivity index (χ4v) is 3.01. The summed E-state index contributed by atoms with van der Waals surface area (Å²) in [4.78, 5) is 13.9. The maximum atomic E-state index is 9.03.